The molecule has 3 amide bonds. The number of fused-ring (bicyclic) bond motifs is 1. The summed E-state index contributed by atoms with van der Waals surface area (Å²) in [7, 11) is -3.66. The van der Waals surface area contributed by atoms with Gasteiger partial charge in [-0.25, -0.2) is 32.9 Å². The minimum Gasteiger partial charge on any atom is -0.387 e. The molecule has 1 aliphatic heterocycles. The number of benzene rings is 1. The zero-order valence-electron chi connectivity index (χ0n) is 21.5. The maximum Gasteiger partial charge on any atom is 0.324 e. The smallest absolute Gasteiger partial charge is 0.324 e. The zero-order chi connectivity index (χ0) is 28.4. The molecule has 3 heterocycles. The third-order valence-electron chi connectivity index (χ3n) is 6.81. The standard InChI is InChI=1S/C24H30N8O7S/c1-2-25-22(35)19-17(33)18(34)23(39-19)32-12-28-16-20(26-11-27-21(16)32)30-24(36)29-13-7-9-15(10-8-13)40(37,38)31-14-5-3-4-6-14/h7-12,14,17-19,23,31,33-34H,2-6H2,1H3,(H,25,35)(H2,26,27,29,30,36)/t17?,18-,19-,23+/m0/s1. The molecule has 15 nitrogen and oxygen atoms in total. The molecule has 4 atom stereocenters. The summed E-state index contributed by atoms with van der Waals surface area (Å²) in [6.45, 7) is 2.04. The molecule has 16 heteroatoms. The number of likely N-dealkylation sites (N-methyl/N-ethyl adjacent to an activating group) is 1. The molecule has 0 radical (unpaired) electrons. The Morgan fingerprint density at radius 3 is 2.48 bits per heavy atom. The van der Waals surface area contributed by atoms with Crippen LogP contribution in [0.4, 0.5) is 16.3 Å². The summed E-state index contributed by atoms with van der Waals surface area (Å²) in [6, 6.07) is 5.04. The van der Waals surface area contributed by atoms with E-state index in [1.54, 1.807) is 6.92 Å². The van der Waals surface area contributed by atoms with E-state index in [1.165, 1.54) is 41.5 Å². The molecule has 1 aromatic carbocycles. The van der Waals surface area contributed by atoms with Crippen LogP contribution >= 0.6 is 0 Å². The van der Waals surface area contributed by atoms with Gasteiger partial charge in [0.15, 0.2) is 29.3 Å². The second-order valence-corrected chi connectivity index (χ2v) is 11.3. The van der Waals surface area contributed by atoms with E-state index in [0.717, 1.165) is 25.7 Å². The molecule has 1 saturated carbocycles. The maximum atomic E-state index is 12.7. The van der Waals surface area contributed by atoms with E-state index < -0.39 is 46.5 Å². The number of urea groups is 1. The quantitative estimate of drug-likeness (QED) is 0.219. The van der Waals surface area contributed by atoms with Gasteiger partial charge < -0.3 is 25.6 Å². The lowest BCUT2D eigenvalue weighted by Gasteiger charge is -2.16. The van der Waals surface area contributed by atoms with Crippen molar-refractivity contribution in [2.45, 2.75) is 68.1 Å². The average Bonchev–Trinajstić information content (AvgIpc) is 3.65. The number of imidazole rings is 1. The average molecular weight is 575 g/mol. The number of ether oxygens (including phenoxy) is 1. The van der Waals surface area contributed by atoms with Crippen molar-refractivity contribution in [3.8, 4) is 0 Å². The van der Waals surface area contributed by atoms with E-state index in [9.17, 15) is 28.2 Å². The number of hydrogen-bond donors (Lipinski definition) is 6. The van der Waals surface area contributed by atoms with Crippen LogP contribution in [0.2, 0.25) is 0 Å². The van der Waals surface area contributed by atoms with Gasteiger partial charge in [-0.1, -0.05) is 12.8 Å². The molecule has 6 N–H and O–H groups in total. The van der Waals surface area contributed by atoms with Gasteiger partial charge >= 0.3 is 6.03 Å². The molecule has 214 valence electrons. The van der Waals surface area contributed by atoms with Gasteiger partial charge in [0.05, 0.1) is 11.2 Å². The van der Waals surface area contributed by atoms with Gasteiger partial charge in [-0.2, -0.15) is 0 Å². The van der Waals surface area contributed by atoms with Crippen molar-refractivity contribution in [1.29, 1.82) is 0 Å². The van der Waals surface area contributed by atoms with Crippen molar-refractivity contribution in [2.24, 2.45) is 0 Å². The van der Waals surface area contributed by atoms with E-state index in [-0.39, 0.29) is 27.9 Å². The first-order valence-corrected chi connectivity index (χ1v) is 14.3. The minimum absolute atomic E-state index is 0.0505. The summed E-state index contributed by atoms with van der Waals surface area (Å²) >= 11 is 0. The predicted octanol–water partition coefficient (Wildman–Crippen LogP) is 0.447. The lowest BCUT2D eigenvalue weighted by molar-refractivity contribution is -0.137. The summed E-state index contributed by atoms with van der Waals surface area (Å²) in [5.74, 6) is -0.514. The molecule has 1 aliphatic carbocycles. The van der Waals surface area contributed by atoms with E-state index >= 15 is 0 Å². The zero-order valence-corrected chi connectivity index (χ0v) is 22.3. The normalized spacial score (nSPS) is 23.4. The van der Waals surface area contributed by atoms with Crippen molar-refractivity contribution in [3.63, 3.8) is 0 Å². The number of aromatic nitrogens is 4. The second-order valence-electron chi connectivity index (χ2n) is 9.58. The van der Waals surface area contributed by atoms with Gasteiger partial charge in [0.2, 0.25) is 10.0 Å². The number of aliphatic hydroxyl groups is 2. The summed E-state index contributed by atoms with van der Waals surface area (Å²) in [4.78, 5) is 37.4. The van der Waals surface area contributed by atoms with Gasteiger partial charge in [-0.3, -0.25) is 14.7 Å². The van der Waals surface area contributed by atoms with Crippen LogP contribution in [0.1, 0.15) is 38.8 Å². The van der Waals surface area contributed by atoms with Crippen LogP contribution in [0.15, 0.2) is 41.8 Å². The third-order valence-corrected chi connectivity index (χ3v) is 8.35. The Kier molecular flexibility index (Phi) is 7.95. The van der Waals surface area contributed by atoms with E-state index in [4.69, 9.17) is 4.74 Å². The van der Waals surface area contributed by atoms with Gasteiger partial charge in [-0.15, -0.1) is 0 Å². The van der Waals surface area contributed by atoms with Crippen LogP contribution < -0.4 is 20.7 Å². The lowest BCUT2D eigenvalue weighted by atomic mass is 10.1. The van der Waals surface area contributed by atoms with Crippen molar-refractivity contribution in [1.82, 2.24) is 29.6 Å². The Balaban J connectivity index is 1.26. The molecule has 2 fully saturated rings. The molecule has 5 rings (SSSR count). The predicted molar refractivity (Wildman–Crippen MR) is 142 cm³/mol. The fourth-order valence-electron chi connectivity index (χ4n) is 4.83. The van der Waals surface area contributed by atoms with Crippen LogP contribution in [0, 0.1) is 0 Å². The Hall–Kier alpha value is -3.70. The number of nitrogens with zero attached hydrogens (tertiary/aromatic N) is 4. The van der Waals surface area contributed by atoms with Crippen LogP contribution in [0.5, 0.6) is 0 Å². The number of amides is 3. The number of rotatable bonds is 8. The molecular weight excluding hydrogens is 544 g/mol. The Bertz CT molecular complexity index is 1490. The third kappa shape index (κ3) is 5.62. The molecule has 0 bridgehead atoms. The topological polar surface area (TPSA) is 210 Å². The number of sulfonamides is 1. The van der Waals surface area contributed by atoms with Crippen molar-refractivity contribution in [2.75, 3.05) is 17.2 Å². The highest BCUT2D eigenvalue weighted by Crippen LogP contribution is 2.32. The van der Waals surface area contributed by atoms with Crippen molar-refractivity contribution < 1.29 is 33.0 Å². The Morgan fingerprint density at radius 1 is 1.05 bits per heavy atom. The molecule has 2 aromatic heterocycles. The summed E-state index contributed by atoms with van der Waals surface area (Å²) in [6.07, 6.45) is 0.738. The van der Waals surface area contributed by atoms with Crippen LogP contribution in [-0.4, -0.2) is 81.0 Å². The number of nitrogens with one attached hydrogen (secondary N) is 4. The van der Waals surface area contributed by atoms with Gasteiger partial charge in [0, 0.05) is 18.3 Å². The number of hydrogen-bond acceptors (Lipinski definition) is 10. The Labute approximate surface area is 229 Å². The van der Waals surface area contributed by atoms with Crippen LogP contribution in [-0.2, 0) is 19.6 Å². The second kappa shape index (κ2) is 11.4. The first-order valence-electron chi connectivity index (χ1n) is 12.8. The van der Waals surface area contributed by atoms with E-state index in [1.807, 2.05) is 0 Å². The summed E-state index contributed by atoms with van der Waals surface area (Å²) in [5, 5.41) is 28.6. The minimum atomic E-state index is -3.66. The molecule has 1 saturated heterocycles. The highest BCUT2D eigenvalue weighted by atomic mass is 32.2. The number of anilines is 2. The summed E-state index contributed by atoms with van der Waals surface area (Å²) < 4.78 is 34.9. The van der Waals surface area contributed by atoms with E-state index in [2.05, 4.69) is 35.6 Å². The van der Waals surface area contributed by atoms with Crippen molar-refractivity contribution >= 4 is 44.6 Å². The maximum absolute atomic E-state index is 12.7. The fraction of sp³-hybridized carbons (Fsp3) is 0.458. The largest absolute Gasteiger partial charge is 0.387 e. The monoisotopic (exact) mass is 574 g/mol. The van der Waals surface area contributed by atoms with Gasteiger partial charge in [-0.05, 0) is 44.0 Å². The number of aliphatic hydroxyl groups excluding tert-OH is 2. The van der Waals surface area contributed by atoms with Crippen LogP contribution in [0.25, 0.3) is 11.2 Å². The van der Waals surface area contributed by atoms with Crippen molar-refractivity contribution in [3.05, 3.63) is 36.9 Å². The first-order chi connectivity index (χ1) is 19.2. The first kappa shape index (κ1) is 27.9. The molecule has 0 spiro atoms. The molecule has 3 aromatic rings. The summed E-state index contributed by atoms with van der Waals surface area (Å²) in [5.41, 5.74) is 0.701. The van der Waals surface area contributed by atoms with Gasteiger partial charge in [0.25, 0.3) is 5.91 Å². The molecule has 1 unspecified atom stereocenters. The lowest BCUT2D eigenvalue weighted by Crippen LogP contribution is -2.42. The molecule has 2 aliphatic rings. The van der Waals surface area contributed by atoms with Crippen LogP contribution in [0.3, 0.4) is 0 Å². The highest BCUT2D eigenvalue weighted by Gasteiger charge is 2.47. The highest BCUT2D eigenvalue weighted by molar-refractivity contribution is 7.89. The molecule has 40 heavy (non-hydrogen) atoms. The number of carbonyl (C=O) groups excluding carboxylic acids is 2. The van der Waals surface area contributed by atoms with Gasteiger partial charge in [0.1, 0.15) is 18.5 Å². The number of carbonyl (C=O) groups is 2. The van der Waals surface area contributed by atoms with E-state index in [0.29, 0.717) is 12.2 Å². The fourth-order valence-corrected chi connectivity index (χ4v) is 6.13. The SMILES string of the molecule is CCNC(=O)[C@H]1O[C@@H](n2cnc3c(NC(=O)Nc4ccc(S(=O)(=O)NC5CCCC5)cc4)ncnc32)[C@@H](O)C1O. The molecular formula is C24H30N8O7S. The Morgan fingerprint density at radius 2 is 1.77 bits per heavy atom.